The number of anilines is 1. The largest absolute Gasteiger partial charge is 0.310 e. The summed E-state index contributed by atoms with van der Waals surface area (Å²) in [5.41, 5.74) is 1.65. The summed E-state index contributed by atoms with van der Waals surface area (Å²) < 4.78 is 43.2. The van der Waals surface area contributed by atoms with Crippen molar-refractivity contribution in [1.82, 2.24) is 13.9 Å². The number of para-hydroxylation sites is 2. The molecule has 9 heteroatoms. The van der Waals surface area contributed by atoms with Gasteiger partial charge in [0, 0.05) is 13.1 Å². The molecule has 1 unspecified atom stereocenters. The molecule has 1 amide bonds. The van der Waals surface area contributed by atoms with Crippen LogP contribution in [0.4, 0.5) is 10.3 Å². The third-order valence-corrected chi connectivity index (χ3v) is 7.21. The molecule has 1 saturated heterocycles. The normalized spacial score (nSPS) is 17.5. The van der Waals surface area contributed by atoms with Gasteiger partial charge in [0.05, 0.1) is 11.0 Å². The molecule has 3 aromatic rings. The summed E-state index contributed by atoms with van der Waals surface area (Å²) in [4.78, 5) is 17.1. The average molecular weight is 431 g/mol. The molecule has 0 radical (unpaired) electrons. The minimum atomic E-state index is -4.13. The zero-order valence-corrected chi connectivity index (χ0v) is 17.4. The van der Waals surface area contributed by atoms with E-state index in [0.717, 1.165) is 27.8 Å². The highest BCUT2D eigenvalue weighted by molar-refractivity contribution is 7.89. The highest BCUT2D eigenvalue weighted by atomic mass is 32.2. The van der Waals surface area contributed by atoms with Crippen molar-refractivity contribution >= 4 is 32.9 Å². The molecule has 30 heavy (non-hydrogen) atoms. The number of aromatic nitrogens is 2. The maximum atomic E-state index is 14.1. The van der Waals surface area contributed by atoms with Crippen LogP contribution >= 0.6 is 0 Å². The first kappa shape index (κ1) is 20.5. The molecular weight excluding hydrogens is 407 g/mol. The minimum absolute atomic E-state index is 0.167. The highest BCUT2D eigenvalue weighted by Crippen LogP contribution is 2.29. The number of carbonyl (C=O) groups is 1. The van der Waals surface area contributed by atoms with E-state index in [0.29, 0.717) is 25.3 Å². The summed E-state index contributed by atoms with van der Waals surface area (Å²) in [6.07, 6.45) is 1.74. The fourth-order valence-electron chi connectivity index (χ4n) is 3.88. The van der Waals surface area contributed by atoms with E-state index in [-0.39, 0.29) is 6.54 Å². The number of benzene rings is 2. The number of rotatable bonds is 6. The summed E-state index contributed by atoms with van der Waals surface area (Å²) in [5, 5.41) is 2.81. The number of sulfonamides is 1. The molecule has 2 heterocycles. The second-order valence-electron chi connectivity index (χ2n) is 7.27. The lowest BCUT2D eigenvalue weighted by molar-refractivity contribution is -0.119. The second kappa shape index (κ2) is 8.16. The minimum Gasteiger partial charge on any atom is -0.310 e. The smallest absolute Gasteiger partial charge is 0.246 e. The van der Waals surface area contributed by atoms with E-state index in [4.69, 9.17) is 0 Å². The van der Waals surface area contributed by atoms with Gasteiger partial charge in [-0.1, -0.05) is 31.2 Å². The second-order valence-corrected chi connectivity index (χ2v) is 9.13. The number of nitrogens with zero attached hydrogens (tertiary/aromatic N) is 3. The zero-order chi connectivity index (χ0) is 21.3. The molecule has 158 valence electrons. The Hall–Kier alpha value is -2.78. The molecule has 1 atom stereocenters. The Morgan fingerprint density at radius 1 is 1.20 bits per heavy atom. The summed E-state index contributed by atoms with van der Waals surface area (Å²) >= 11 is 0. The topological polar surface area (TPSA) is 84.3 Å². The van der Waals surface area contributed by atoms with Crippen molar-refractivity contribution in [3.05, 3.63) is 54.3 Å². The van der Waals surface area contributed by atoms with Crippen LogP contribution in [-0.2, 0) is 21.4 Å². The molecule has 2 aromatic carbocycles. The van der Waals surface area contributed by atoms with Gasteiger partial charge in [0.15, 0.2) is 0 Å². The SMILES string of the molecule is CCCn1c(NC(=O)C2CCCN2S(=O)(=O)c2ccccc2F)nc2ccccc21. The van der Waals surface area contributed by atoms with Crippen molar-refractivity contribution in [3.63, 3.8) is 0 Å². The molecule has 0 bridgehead atoms. The van der Waals surface area contributed by atoms with Gasteiger partial charge in [-0.15, -0.1) is 0 Å². The summed E-state index contributed by atoms with van der Waals surface area (Å²) in [5.74, 6) is -0.897. The first-order valence-electron chi connectivity index (χ1n) is 9.96. The van der Waals surface area contributed by atoms with E-state index in [1.807, 2.05) is 35.8 Å². The molecule has 4 rings (SSSR count). The van der Waals surface area contributed by atoms with E-state index in [9.17, 15) is 17.6 Å². The van der Waals surface area contributed by atoms with Gasteiger partial charge in [0.1, 0.15) is 16.8 Å². The average Bonchev–Trinajstić information content (AvgIpc) is 3.35. The third-order valence-electron chi connectivity index (χ3n) is 5.27. The van der Waals surface area contributed by atoms with Crippen molar-refractivity contribution in [2.45, 2.75) is 43.7 Å². The van der Waals surface area contributed by atoms with E-state index in [1.165, 1.54) is 18.2 Å². The molecule has 1 fully saturated rings. The lowest BCUT2D eigenvalue weighted by Gasteiger charge is -2.23. The number of imidazole rings is 1. The number of aryl methyl sites for hydroxylation is 1. The van der Waals surface area contributed by atoms with Gasteiger partial charge in [-0.05, 0) is 43.5 Å². The Kier molecular flexibility index (Phi) is 5.57. The molecule has 7 nitrogen and oxygen atoms in total. The zero-order valence-electron chi connectivity index (χ0n) is 16.6. The molecule has 1 aliphatic heterocycles. The molecular formula is C21H23FN4O3S. The number of amides is 1. The van der Waals surface area contributed by atoms with Gasteiger partial charge in [-0.3, -0.25) is 10.1 Å². The van der Waals surface area contributed by atoms with Crippen LogP contribution in [0.15, 0.2) is 53.4 Å². The molecule has 0 saturated carbocycles. The van der Waals surface area contributed by atoms with Gasteiger partial charge in [0.25, 0.3) is 0 Å². The molecule has 1 N–H and O–H groups in total. The van der Waals surface area contributed by atoms with Crippen LogP contribution < -0.4 is 5.32 Å². The predicted molar refractivity (Wildman–Crippen MR) is 112 cm³/mol. The van der Waals surface area contributed by atoms with Gasteiger partial charge in [-0.2, -0.15) is 4.31 Å². The fraction of sp³-hybridized carbons (Fsp3) is 0.333. The van der Waals surface area contributed by atoms with Crippen LogP contribution in [-0.4, -0.2) is 40.8 Å². The van der Waals surface area contributed by atoms with Crippen LogP contribution in [0.25, 0.3) is 11.0 Å². The standard InChI is InChI=1S/C21H23FN4O3S/c1-2-13-25-17-10-5-4-9-16(17)23-21(25)24-20(27)18-11-7-14-26(18)30(28,29)19-12-6-3-8-15(19)22/h3-6,8-10,12,18H,2,7,11,13-14H2,1H3,(H,23,24,27). The first-order chi connectivity index (χ1) is 14.4. The van der Waals surface area contributed by atoms with Crippen molar-refractivity contribution in [2.75, 3.05) is 11.9 Å². The Balaban J connectivity index is 1.63. The highest BCUT2D eigenvalue weighted by Gasteiger charge is 2.40. The Morgan fingerprint density at radius 2 is 1.93 bits per heavy atom. The summed E-state index contributed by atoms with van der Waals surface area (Å²) in [7, 11) is -4.13. The number of carbonyl (C=O) groups excluding carboxylic acids is 1. The Bertz CT molecular complexity index is 1190. The van der Waals surface area contributed by atoms with E-state index in [2.05, 4.69) is 10.3 Å². The third kappa shape index (κ3) is 3.59. The van der Waals surface area contributed by atoms with E-state index >= 15 is 0 Å². The number of hydrogen-bond donors (Lipinski definition) is 1. The van der Waals surface area contributed by atoms with Crippen LogP contribution in [0, 0.1) is 5.82 Å². The van der Waals surface area contributed by atoms with Gasteiger partial charge in [-0.25, -0.2) is 17.8 Å². The lowest BCUT2D eigenvalue weighted by Crippen LogP contribution is -2.43. The first-order valence-corrected chi connectivity index (χ1v) is 11.4. The van der Waals surface area contributed by atoms with Crippen LogP contribution in [0.3, 0.4) is 0 Å². The van der Waals surface area contributed by atoms with Crippen LogP contribution in [0.5, 0.6) is 0 Å². The molecule has 1 aromatic heterocycles. The van der Waals surface area contributed by atoms with Crippen molar-refractivity contribution in [3.8, 4) is 0 Å². The monoisotopic (exact) mass is 430 g/mol. The molecule has 1 aliphatic rings. The predicted octanol–water partition coefficient (Wildman–Crippen LogP) is 3.38. The van der Waals surface area contributed by atoms with E-state index < -0.39 is 32.7 Å². The lowest BCUT2D eigenvalue weighted by atomic mass is 10.2. The van der Waals surface area contributed by atoms with Gasteiger partial charge >= 0.3 is 0 Å². The van der Waals surface area contributed by atoms with Gasteiger partial charge < -0.3 is 4.57 Å². The number of fused-ring (bicyclic) bond motifs is 1. The maximum Gasteiger partial charge on any atom is 0.246 e. The van der Waals surface area contributed by atoms with Gasteiger partial charge in [0.2, 0.25) is 21.9 Å². The van der Waals surface area contributed by atoms with Crippen LogP contribution in [0.2, 0.25) is 0 Å². The maximum absolute atomic E-state index is 14.1. The molecule has 0 aliphatic carbocycles. The fourth-order valence-corrected chi connectivity index (χ4v) is 5.61. The number of halogens is 1. The Morgan fingerprint density at radius 3 is 2.70 bits per heavy atom. The van der Waals surface area contributed by atoms with Crippen molar-refractivity contribution in [1.29, 1.82) is 0 Å². The Labute approximate surface area is 174 Å². The molecule has 0 spiro atoms. The quantitative estimate of drug-likeness (QED) is 0.650. The number of nitrogens with one attached hydrogen (secondary N) is 1. The summed E-state index contributed by atoms with van der Waals surface area (Å²) in [6, 6.07) is 11.9. The summed E-state index contributed by atoms with van der Waals surface area (Å²) in [6.45, 7) is 2.86. The van der Waals surface area contributed by atoms with Crippen LogP contribution in [0.1, 0.15) is 26.2 Å². The van der Waals surface area contributed by atoms with Crippen molar-refractivity contribution in [2.24, 2.45) is 0 Å². The van der Waals surface area contributed by atoms with E-state index in [1.54, 1.807) is 0 Å². The van der Waals surface area contributed by atoms with Crippen molar-refractivity contribution < 1.29 is 17.6 Å². The number of hydrogen-bond acceptors (Lipinski definition) is 4.